The minimum Gasteiger partial charge on any atom is -0.306 e. The lowest BCUT2D eigenvalue weighted by atomic mass is 9.89. The van der Waals surface area contributed by atoms with E-state index in [2.05, 4.69) is 42.6 Å². The molecule has 0 bridgehead atoms. The lowest BCUT2D eigenvalue weighted by Gasteiger charge is -2.23. The van der Waals surface area contributed by atoms with E-state index in [1.165, 1.54) is 11.5 Å². The molecule has 0 spiro atoms. The summed E-state index contributed by atoms with van der Waals surface area (Å²) in [4.78, 5) is 1.09. The number of hydrogen-bond donors (Lipinski definition) is 1. The van der Waals surface area contributed by atoms with Gasteiger partial charge in [0, 0.05) is 5.41 Å². The molecule has 1 heterocycles. The third-order valence-corrected chi connectivity index (χ3v) is 4.81. The molecule has 1 N–H and O–H groups in total. The lowest BCUT2D eigenvalue weighted by Crippen LogP contribution is -2.25. The molecule has 0 saturated carbocycles. The van der Waals surface area contributed by atoms with E-state index >= 15 is 0 Å². The number of rotatable bonds is 4. The maximum Gasteiger partial charge on any atom is 0.0860 e. The van der Waals surface area contributed by atoms with Gasteiger partial charge < -0.3 is 5.32 Å². The molecule has 0 fully saturated rings. The number of halogens is 2. The first-order chi connectivity index (χ1) is 9.86. The van der Waals surface area contributed by atoms with Crippen LogP contribution in [0.2, 0.25) is 10.0 Å². The second-order valence-electron chi connectivity index (χ2n) is 5.87. The zero-order valence-corrected chi connectivity index (χ0v) is 14.9. The summed E-state index contributed by atoms with van der Waals surface area (Å²) in [6.07, 6.45) is 0. The molecule has 0 amide bonds. The van der Waals surface area contributed by atoms with E-state index in [1.54, 1.807) is 6.07 Å². The van der Waals surface area contributed by atoms with Crippen molar-refractivity contribution in [2.45, 2.75) is 39.2 Å². The van der Waals surface area contributed by atoms with Crippen LogP contribution in [0.5, 0.6) is 0 Å². The van der Waals surface area contributed by atoms with Crippen molar-refractivity contribution in [3.63, 3.8) is 0 Å². The van der Waals surface area contributed by atoms with Gasteiger partial charge in [0.1, 0.15) is 0 Å². The minimum atomic E-state index is -0.0684. The van der Waals surface area contributed by atoms with E-state index in [-0.39, 0.29) is 11.5 Å². The van der Waals surface area contributed by atoms with Gasteiger partial charge in [0.2, 0.25) is 0 Å². The number of nitrogens with zero attached hydrogens (tertiary/aromatic N) is 2. The van der Waals surface area contributed by atoms with Crippen LogP contribution >= 0.6 is 34.7 Å². The quantitative estimate of drug-likeness (QED) is 0.862. The van der Waals surface area contributed by atoms with Gasteiger partial charge in [0.15, 0.2) is 0 Å². The van der Waals surface area contributed by atoms with Crippen LogP contribution < -0.4 is 5.32 Å². The molecule has 1 aromatic heterocycles. The first-order valence-electron chi connectivity index (χ1n) is 6.86. The lowest BCUT2D eigenvalue weighted by molar-refractivity contribution is 0.543. The van der Waals surface area contributed by atoms with Crippen LogP contribution in [0.25, 0.3) is 0 Å². The molecule has 0 saturated heterocycles. The Morgan fingerprint density at radius 1 is 1.29 bits per heavy atom. The molecular weight excluding hydrogens is 325 g/mol. The average Bonchev–Trinajstić information content (AvgIpc) is 2.89. The van der Waals surface area contributed by atoms with Gasteiger partial charge in [-0.25, -0.2) is 0 Å². The molecule has 0 aliphatic heterocycles. The van der Waals surface area contributed by atoms with Crippen molar-refractivity contribution in [3.05, 3.63) is 44.4 Å². The fourth-order valence-corrected chi connectivity index (χ4v) is 3.57. The summed E-state index contributed by atoms with van der Waals surface area (Å²) in [5.74, 6) is 0. The van der Waals surface area contributed by atoms with Crippen molar-refractivity contribution >= 4 is 34.7 Å². The Kier molecular flexibility index (Phi) is 5.25. The normalized spacial score (nSPS) is 13.4. The van der Waals surface area contributed by atoms with Crippen molar-refractivity contribution in [1.29, 1.82) is 0 Å². The summed E-state index contributed by atoms with van der Waals surface area (Å²) in [5, 5.41) is 8.93. The smallest absolute Gasteiger partial charge is 0.0860 e. The molecule has 2 rings (SSSR count). The number of hydrogen-bond acceptors (Lipinski definition) is 4. The third kappa shape index (κ3) is 3.57. The van der Waals surface area contributed by atoms with E-state index in [9.17, 15) is 0 Å². The highest BCUT2D eigenvalue weighted by atomic mass is 35.5. The molecule has 21 heavy (non-hydrogen) atoms. The van der Waals surface area contributed by atoms with E-state index in [0.29, 0.717) is 10.0 Å². The predicted octanol–water partition coefficient (Wildman–Crippen LogP) is 4.84. The maximum absolute atomic E-state index is 6.40. The van der Waals surface area contributed by atoms with Crippen molar-refractivity contribution in [2.24, 2.45) is 0 Å². The molecule has 1 aromatic carbocycles. The highest BCUT2D eigenvalue weighted by molar-refractivity contribution is 7.05. The minimum absolute atomic E-state index is 0.0459. The zero-order chi connectivity index (χ0) is 15.6. The Labute approximate surface area is 139 Å². The SMILES string of the molecule is CCNC(c1cccc(Cl)c1Cl)c1snnc1C(C)(C)C. The van der Waals surface area contributed by atoms with Gasteiger partial charge in [-0.3, -0.25) is 0 Å². The van der Waals surface area contributed by atoms with Crippen molar-refractivity contribution in [2.75, 3.05) is 6.54 Å². The largest absolute Gasteiger partial charge is 0.306 e. The van der Waals surface area contributed by atoms with Crippen molar-refractivity contribution in [3.8, 4) is 0 Å². The first-order valence-corrected chi connectivity index (χ1v) is 8.39. The summed E-state index contributed by atoms with van der Waals surface area (Å²) < 4.78 is 4.14. The maximum atomic E-state index is 6.40. The van der Waals surface area contributed by atoms with Gasteiger partial charge in [-0.05, 0) is 29.7 Å². The highest BCUT2D eigenvalue weighted by Crippen LogP contribution is 2.38. The second-order valence-corrected chi connectivity index (χ2v) is 7.44. The Bertz CT molecular complexity index is 620. The van der Waals surface area contributed by atoms with E-state index < -0.39 is 0 Å². The molecule has 0 aliphatic rings. The Balaban J connectivity index is 2.55. The molecule has 0 radical (unpaired) electrons. The van der Waals surface area contributed by atoms with Gasteiger partial charge in [0.25, 0.3) is 0 Å². The van der Waals surface area contributed by atoms with E-state index in [0.717, 1.165) is 22.7 Å². The molecule has 1 unspecified atom stereocenters. The molecule has 2 aromatic rings. The number of aromatic nitrogens is 2. The highest BCUT2D eigenvalue weighted by Gasteiger charge is 2.29. The fourth-order valence-electron chi connectivity index (χ4n) is 2.20. The fraction of sp³-hybridized carbons (Fsp3) is 0.467. The van der Waals surface area contributed by atoms with Crippen molar-refractivity contribution < 1.29 is 0 Å². The van der Waals surface area contributed by atoms with E-state index in [4.69, 9.17) is 23.2 Å². The molecular formula is C15H19Cl2N3S. The molecule has 6 heteroatoms. The van der Waals surface area contributed by atoms with Crippen LogP contribution in [0.3, 0.4) is 0 Å². The van der Waals surface area contributed by atoms with Crippen LogP contribution in [0, 0.1) is 0 Å². The van der Waals surface area contributed by atoms with Crippen LogP contribution in [-0.4, -0.2) is 16.1 Å². The van der Waals surface area contributed by atoms with Gasteiger partial charge >= 0.3 is 0 Å². The van der Waals surface area contributed by atoms with Crippen LogP contribution in [0.1, 0.15) is 49.9 Å². The summed E-state index contributed by atoms with van der Waals surface area (Å²) in [7, 11) is 0. The van der Waals surface area contributed by atoms with Crippen molar-refractivity contribution in [1.82, 2.24) is 14.9 Å². The van der Waals surface area contributed by atoms with Gasteiger partial charge in [-0.1, -0.05) is 67.5 Å². The average molecular weight is 344 g/mol. The molecule has 114 valence electrons. The Morgan fingerprint density at radius 2 is 2.00 bits per heavy atom. The molecule has 0 aliphatic carbocycles. The van der Waals surface area contributed by atoms with Crippen LogP contribution in [0.15, 0.2) is 18.2 Å². The molecule has 1 atom stereocenters. The third-order valence-electron chi connectivity index (χ3n) is 3.19. The monoisotopic (exact) mass is 343 g/mol. The first kappa shape index (κ1) is 16.7. The van der Waals surface area contributed by atoms with Crippen LogP contribution in [0.4, 0.5) is 0 Å². The van der Waals surface area contributed by atoms with Gasteiger partial charge in [-0.15, -0.1) is 5.10 Å². The molecule has 3 nitrogen and oxygen atoms in total. The number of nitrogens with one attached hydrogen (secondary N) is 1. The summed E-state index contributed by atoms with van der Waals surface area (Å²) in [6, 6.07) is 5.66. The van der Waals surface area contributed by atoms with Crippen LogP contribution in [-0.2, 0) is 5.41 Å². The second kappa shape index (κ2) is 6.61. The van der Waals surface area contributed by atoms with Gasteiger partial charge in [-0.2, -0.15) is 0 Å². The number of benzene rings is 1. The standard InChI is InChI=1S/C15H19Cl2N3S/c1-5-18-12(9-7-6-8-10(16)11(9)17)13-14(15(2,3)4)19-20-21-13/h6-8,12,18H,5H2,1-4H3. The Hall–Kier alpha value is -0.680. The Morgan fingerprint density at radius 3 is 2.62 bits per heavy atom. The summed E-state index contributed by atoms with van der Waals surface area (Å²) in [5.41, 5.74) is 1.89. The summed E-state index contributed by atoms with van der Waals surface area (Å²) in [6.45, 7) is 9.28. The predicted molar refractivity (Wildman–Crippen MR) is 90.6 cm³/mol. The topological polar surface area (TPSA) is 37.8 Å². The van der Waals surface area contributed by atoms with Gasteiger partial charge in [0.05, 0.1) is 26.7 Å². The zero-order valence-electron chi connectivity index (χ0n) is 12.6. The summed E-state index contributed by atoms with van der Waals surface area (Å²) >= 11 is 14.0. The van der Waals surface area contributed by atoms with E-state index in [1.807, 2.05) is 12.1 Å².